The summed E-state index contributed by atoms with van der Waals surface area (Å²) >= 11 is 0. The molecule has 0 aromatic carbocycles. The first-order valence-corrected chi connectivity index (χ1v) is 3.78. The number of carbonyl (C=O) groups is 1. The number of rotatable bonds is 6. The Labute approximate surface area is 73.8 Å². The van der Waals surface area contributed by atoms with Gasteiger partial charge in [0.25, 0.3) is 0 Å². The van der Waals surface area contributed by atoms with E-state index >= 15 is 0 Å². The Morgan fingerprint density at radius 3 is 2.31 bits per heavy atom. The molecule has 0 rings (SSSR count). The Kier molecular flexibility index (Phi) is 4.79. The summed E-state index contributed by atoms with van der Waals surface area (Å²) in [6.07, 6.45) is -4.28. The molecular formula is C7H12F2O4. The van der Waals surface area contributed by atoms with Crippen LogP contribution in [0.25, 0.3) is 0 Å². The van der Waals surface area contributed by atoms with Gasteiger partial charge in [-0.15, -0.1) is 0 Å². The van der Waals surface area contributed by atoms with Crippen molar-refractivity contribution in [2.45, 2.75) is 37.9 Å². The smallest absolute Gasteiger partial charge is 0.308 e. The largest absolute Gasteiger partial charge is 0.481 e. The SMILES string of the molecule is O=C(O)CC(O)(O)CCCC(F)F. The summed E-state index contributed by atoms with van der Waals surface area (Å²) in [5.41, 5.74) is 0. The third-order valence-electron chi connectivity index (χ3n) is 1.43. The van der Waals surface area contributed by atoms with Crippen LogP contribution in [-0.4, -0.2) is 33.5 Å². The second kappa shape index (κ2) is 5.08. The Balaban J connectivity index is 3.69. The molecule has 0 atom stereocenters. The Morgan fingerprint density at radius 1 is 1.38 bits per heavy atom. The summed E-state index contributed by atoms with van der Waals surface area (Å²) in [6, 6.07) is 0. The van der Waals surface area contributed by atoms with Gasteiger partial charge in [-0.2, -0.15) is 0 Å². The molecule has 0 aliphatic carbocycles. The fourth-order valence-electron chi connectivity index (χ4n) is 0.870. The molecule has 78 valence electrons. The molecule has 13 heavy (non-hydrogen) atoms. The quantitative estimate of drug-likeness (QED) is 0.545. The minimum absolute atomic E-state index is 0.113. The van der Waals surface area contributed by atoms with Crippen molar-refractivity contribution in [2.75, 3.05) is 0 Å². The maximum Gasteiger partial charge on any atom is 0.308 e. The van der Waals surface area contributed by atoms with Crippen molar-refractivity contribution < 1.29 is 28.9 Å². The highest BCUT2D eigenvalue weighted by Crippen LogP contribution is 2.16. The first kappa shape index (κ1) is 12.2. The molecule has 0 unspecified atom stereocenters. The van der Waals surface area contributed by atoms with Gasteiger partial charge in [0, 0.05) is 12.8 Å². The zero-order valence-corrected chi connectivity index (χ0v) is 6.91. The van der Waals surface area contributed by atoms with Crippen LogP contribution in [0.15, 0.2) is 0 Å². The predicted molar refractivity (Wildman–Crippen MR) is 39.3 cm³/mol. The van der Waals surface area contributed by atoms with E-state index in [2.05, 4.69) is 0 Å². The molecule has 0 saturated carbocycles. The van der Waals surface area contributed by atoms with Crippen molar-refractivity contribution in [2.24, 2.45) is 0 Å². The fraction of sp³-hybridized carbons (Fsp3) is 0.857. The molecule has 4 nitrogen and oxygen atoms in total. The first-order valence-electron chi connectivity index (χ1n) is 3.78. The van der Waals surface area contributed by atoms with Crippen molar-refractivity contribution in [3.63, 3.8) is 0 Å². The van der Waals surface area contributed by atoms with E-state index in [1.807, 2.05) is 0 Å². The van der Waals surface area contributed by atoms with Gasteiger partial charge in [-0.1, -0.05) is 0 Å². The van der Waals surface area contributed by atoms with Gasteiger partial charge in [0.05, 0.1) is 6.42 Å². The number of carboxylic acids is 1. The predicted octanol–water partition coefficient (Wildman–Crippen LogP) is 0.577. The van der Waals surface area contributed by atoms with Gasteiger partial charge in [0.2, 0.25) is 6.43 Å². The van der Waals surface area contributed by atoms with Crippen LogP contribution in [0.3, 0.4) is 0 Å². The molecule has 0 saturated heterocycles. The van der Waals surface area contributed by atoms with Crippen LogP contribution in [0, 0.1) is 0 Å². The topological polar surface area (TPSA) is 77.8 Å². The number of hydrogen-bond acceptors (Lipinski definition) is 3. The highest BCUT2D eigenvalue weighted by Gasteiger charge is 2.26. The van der Waals surface area contributed by atoms with Gasteiger partial charge >= 0.3 is 5.97 Å². The summed E-state index contributed by atoms with van der Waals surface area (Å²) in [5, 5.41) is 26.0. The summed E-state index contributed by atoms with van der Waals surface area (Å²) in [7, 11) is 0. The number of alkyl halides is 2. The molecule has 0 heterocycles. The maximum atomic E-state index is 11.6. The van der Waals surface area contributed by atoms with Crippen LogP contribution in [0.5, 0.6) is 0 Å². The molecule has 0 aromatic rings. The van der Waals surface area contributed by atoms with Gasteiger partial charge < -0.3 is 15.3 Å². The fourth-order valence-corrected chi connectivity index (χ4v) is 0.870. The summed E-state index contributed by atoms with van der Waals surface area (Å²) in [6.45, 7) is 0. The Hall–Kier alpha value is -0.750. The van der Waals surface area contributed by atoms with Gasteiger partial charge in [0.15, 0.2) is 5.79 Å². The highest BCUT2D eigenvalue weighted by atomic mass is 19.3. The monoisotopic (exact) mass is 198 g/mol. The molecule has 6 heteroatoms. The molecule has 0 spiro atoms. The van der Waals surface area contributed by atoms with Crippen LogP contribution in [0.4, 0.5) is 8.78 Å². The Morgan fingerprint density at radius 2 is 1.92 bits per heavy atom. The second-order valence-electron chi connectivity index (χ2n) is 2.84. The Bertz CT molecular complexity index is 170. The van der Waals surface area contributed by atoms with Crippen molar-refractivity contribution in [1.29, 1.82) is 0 Å². The standard InChI is InChI=1S/C7H12F2O4/c8-5(9)2-1-3-7(12,13)4-6(10)11/h5,12-13H,1-4H2,(H,10,11). The number of aliphatic carboxylic acids is 1. The molecule has 0 radical (unpaired) electrons. The number of halogens is 2. The minimum atomic E-state index is -2.50. The van der Waals surface area contributed by atoms with Crippen molar-refractivity contribution in [3.8, 4) is 0 Å². The van der Waals surface area contributed by atoms with E-state index < -0.39 is 31.0 Å². The van der Waals surface area contributed by atoms with E-state index in [1.165, 1.54) is 0 Å². The number of carboxylic acid groups (broad SMARTS) is 1. The number of aliphatic hydroxyl groups is 2. The van der Waals surface area contributed by atoms with E-state index in [1.54, 1.807) is 0 Å². The second-order valence-corrected chi connectivity index (χ2v) is 2.84. The van der Waals surface area contributed by atoms with Crippen LogP contribution in [0.2, 0.25) is 0 Å². The lowest BCUT2D eigenvalue weighted by molar-refractivity contribution is -0.185. The molecular weight excluding hydrogens is 186 g/mol. The molecule has 0 aliphatic heterocycles. The lowest BCUT2D eigenvalue weighted by Gasteiger charge is -2.18. The minimum Gasteiger partial charge on any atom is -0.481 e. The normalized spacial score (nSPS) is 12.1. The van der Waals surface area contributed by atoms with Gasteiger partial charge in [-0.3, -0.25) is 4.79 Å². The van der Waals surface area contributed by atoms with Crippen LogP contribution < -0.4 is 0 Å². The average molecular weight is 198 g/mol. The third-order valence-corrected chi connectivity index (χ3v) is 1.43. The van der Waals surface area contributed by atoms with Crippen LogP contribution in [-0.2, 0) is 4.79 Å². The molecule has 0 fully saturated rings. The van der Waals surface area contributed by atoms with Gasteiger partial charge in [-0.05, 0) is 6.42 Å². The molecule has 0 aromatic heterocycles. The van der Waals surface area contributed by atoms with Gasteiger partial charge in [-0.25, -0.2) is 8.78 Å². The lowest BCUT2D eigenvalue weighted by atomic mass is 10.1. The van der Waals surface area contributed by atoms with Crippen molar-refractivity contribution in [1.82, 2.24) is 0 Å². The highest BCUT2D eigenvalue weighted by molar-refractivity contribution is 5.67. The average Bonchev–Trinajstić information content (AvgIpc) is 1.81. The first-order chi connectivity index (χ1) is 5.83. The van der Waals surface area contributed by atoms with Gasteiger partial charge in [0.1, 0.15) is 0 Å². The molecule has 0 amide bonds. The number of hydrogen-bond donors (Lipinski definition) is 3. The van der Waals surface area contributed by atoms with E-state index in [0.29, 0.717) is 0 Å². The zero-order valence-electron chi connectivity index (χ0n) is 6.91. The van der Waals surface area contributed by atoms with E-state index in [0.717, 1.165) is 0 Å². The van der Waals surface area contributed by atoms with E-state index in [9.17, 15) is 13.6 Å². The molecule has 0 bridgehead atoms. The zero-order chi connectivity index (χ0) is 10.5. The summed E-state index contributed by atoms with van der Waals surface area (Å²) in [5.74, 6) is -3.75. The van der Waals surface area contributed by atoms with Crippen LogP contribution in [0.1, 0.15) is 25.7 Å². The molecule has 3 N–H and O–H groups in total. The van der Waals surface area contributed by atoms with E-state index in [4.69, 9.17) is 15.3 Å². The van der Waals surface area contributed by atoms with Crippen molar-refractivity contribution in [3.05, 3.63) is 0 Å². The van der Waals surface area contributed by atoms with Crippen LogP contribution >= 0.6 is 0 Å². The summed E-state index contributed by atoms with van der Waals surface area (Å²) < 4.78 is 23.2. The van der Waals surface area contributed by atoms with Crippen molar-refractivity contribution >= 4 is 5.97 Å². The third kappa shape index (κ3) is 7.61. The lowest BCUT2D eigenvalue weighted by Crippen LogP contribution is -2.31. The summed E-state index contributed by atoms with van der Waals surface area (Å²) in [4.78, 5) is 10.0. The maximum absolute atomic E-state index is 11.6. The molecule has 0 aliphatic rings. The van der Waals surface area contributed by atoms with E-state index in [-0.39, 0.29) is 12.8 Å².